The van der Waals surface area contributed by atoms with Gasteiger partial charge in [-0.25, -0.2) is 0 Å². The topological polar surface area (TPSA) is 38.8 Å². The van der Waals surface area contributed by atoms with E-state index < -0.39 is 0 Å². The van der Waals surface area contributed by atoms with Gasteiger partial charge in [0, 0.05) is 35.7 Å². The average molecular weight is 556 g/mol. The molecule has 1 amide bonds. The van der Waals surface area contributed by atoms with E-state index in [1.807, 2.05) is 17.0 Å². The van der Waals surface area contributed by atoms with E-state index >= 15 is 0 Å². The van der Waals surface area contributed by atoms with Gasteiger partial charge in [0.05, 0.1) is 13.2 Å². The number of alkyl halides is 2. The molecule has 1 aliphatic rings. The predicted molar refractivity (Wildman–Crippen MR) is 135 cm³/mol. The van der Waals surface area contributed by atoms with Gasteiger partial charge in [-0.2, -0.15) is 0 Å². The van der Waals surface area contributed by atoms with E-state index in [-0.39, 0.29) is 11.3 Å². The number of piperidine rings is 1. The van der Waals surface area contributed by atoms with Crippen molar-refractivity contribution in [2.24, 2.45) is 0 Å². The van der Waals surface area contributed by atoms with Gasteiger partial charge in [0.2, 0.25) is 5.91 Å². The van der Waals surface area contributed by atoms with Crippen molar-refractivity contribution in [3.63, 3.8) is 0 Å². The molecule has 2 aromatic carbocycles. The highest BCUT2D eigenvalue weighted by Gasteiger charge is 2.38. The first kappa shape index (κ1) is 24.2. The monoisotopic (exact) mass is 555 g/mol. The summed E-state index contributed by atoms with van der Waals surface area (Å²) in [5, 5.41) is 0. The van der Waals surface area contributed by atoms with E-state index in [0.717, 1.165) is 61.3 Å². The molecule has 0 bridgehead atoms. The van der Waals surface area contributed by atoms with Gasteiger partial charge in [-0.15, -0.1) is 11.6 Å². The molecule has 0 radical (unpaired) electrons. The smallest absolute Gasteiger partial charge is 0.219 e. The molecule has 0 aliphatic carbocycles. The van der Waals surface area contributed by atoms with Crippen LogP contribution in [0.25, 0.3) is 0 Å². The molecule has 1 heterocycles. The Morgan fingerprint density at radius 1 is 0.935 bits per heavy atom. The minimum Gasteiger partial charge on any atom is -0.494 e. The van der Waals surface area contributed by atoms with Crippen LogP contribution >= 0.6 is 34.2 Å². The average Bonchev–Trinajstić information content (AvgIpc) is 2.80. The Kier molecular flexibility index (Phi) is 9.32. The summed E-state index contributed by atoms with van der Waals surface area (Å²) in [6.45, 7) is 4.54. The standard InChI is InChI=1S/C25H31ClINO3/c1-20(29)28-16-12-25(13-17-28,21-4-8-23(9-5-21)30-18-2-14-26)22-6-10-24(11-7-22)31-19-3-15-27/h4-11H,2-3,12-19H2,1H3. The van der Waals surface area contributed by atoms with Crippen LogP contribution in [-0.2, 0) is 10.2 Å². The largest absolute Gasteiger partial charge is 0.494 e. The first-order valence-electron chi connectivity index (χ1n) is 10.9. The highest BCUT2D eigenvalue weighted by atomic mass is 127. The molecule has 4 nitrogen and oxygen atoms in total. The van der Waals surface area contributed by atoms with Crippen molar-refractivity contribution in [1.29, 1.82) is 0 Å². The molecule has 1 saturated heterocycles. The van der Waals surface area contributed by atoms with Crippen molar-refractivity contribution in [3.05, 3.63) is 59.7 Å². The van der Waals surface area contributed by atoms with Crippen LogP contribution in [0.1, 0.15) is 43.7 Å². The summed E-state index contributed by atoms with van der Waals surface area (Å²) >= 11 is 8.11. The molecule has 6 heteroatoms. The molecule has 2 aromatic rings. The van der Waals surface area contributed by atoms with Crippen molar-refractivity contribution >= 4 is 40.1 Å². The Morgan fingerprint density at radius 2 is 1.42 bits per heavy atom. The number of hydrogen-bond donors (Lipinski definition) is 0. The van der Waals surface area contributed by atoms with Gasteiger partial charge in [-0.3, -0.25) is 4.79 Å². The first-order valence-corrected chi connectivity index (χ1v) is 13.0. The van der Waals surface area contributed by atoms with Crippen molar-refractivity contribution in [2.75, 3.05) is 36.6 Å². The minimum atomic E-state index is -0.124. The lowest BCUT2D eigenvalue weighted by Gasteiger charge is -2.42. The number of halogens is 2. The maximum atomic E-state index is 11.9. The van der Waals surface area contributed by atoms with Crippen LogP contribution < -0.4 is 9.47 Å². The third-order valence-electron chi connectivity index (χ3n) is 5.97. The number of carbonyl (C=O) groups is 1. The second-order valence-corrected chi connectivity index (χ2v) is 9.38. The second-order valence-electron chi connectivity index (χ2n) is 7.92. The summed E-state index contributed by atoms with van der Waals surface area (Å²) in [6, 6.07) is 17.0. The SMILES string of the molecule is CC(=O)N1CCC(c2ccc(OCCCCl)cc2)(c2ccc(OCCCI)cc2)CC1. The third-order valence-corrected chi connectivity index (χ3v) is 7.00. The Balaban J connectivity index is 1.83. The first-order chi connectivity index (χ1) is 15.1. The van der Waals surface area contributed by atoms with Crippen molar-refractivity contribution in [2.45, 2.75) is 38.0 Å². The van der Waals surface area contributed by atoms with Crippen LogP contribution in [0, 0.1) is 0 Å². The summed E-state index contributed by atoms with van der Waals surface area (Å²) in [7, 11) is 0. The number of amides is 1. The zero-order valence-corrected chi connectivity index (χ0v) is 21.0. The zero-order valence-electron chi connectivity index (χ0n) is 18.1. The second kappa shape index (κ2) is 12.0. The van der Waals surface area contributed by atoms with E-state index in [4.69, 9.17) is 21.1 Å². The summed E-state index contributed by atoms with van der Waals surface area (Å²) in [4.78, 5) is 13.9. The molecule has 0 N–H and O–H groups in total. The molecule has 0 saturated carbocycles. The molecule has 31 heavy (non-hydrogen) atoms. The van der Waals surface area contributed by atoms with E-state index in [0.29, 0.717) is 12.5 Å². The molecule has 3 rings (SSSR count). The van der Waals surface area contributed by atoms with Gasteiger partial charge in [0.15, 0.2) is 0 Å². The van der Waals surface area contributed by atoms with Crippen LogP contribution in [0.5, 0.6) is 11.5 Å². The Morgan fingerprint density at radius 3 is 1.84 bits per heavy atom. The quantitative estimate of drug-likeness (QED) is 0.210. The Hall–Kier alpha value is -1.47. The van der Waals surface area contributed by atoms with Crippen molar-refractivity contribution in [1.82, 2.24) is 4.90 Å². The molecular weight excluding hydrogens is 525 g/mol. The molecule has 0 unspecified atom stereocenters. The molecule has 1 aliphatic heterocycles. The molecule has 1 fully saturated rings. The van der Waals surface area contributed by atoms with Gasteiger partial charge in [0.25, 0.3) is 0 Å². The third kappa shape index (κ3) is 6.28. The Labute approximate surface area is 204 Å². The van der Waals surface area contributed by atoms with E-state index in [1.165, 1.54) is 11.1 Å². The van der Waals surface area contributed by atoms with Gasteiger partial charge < -0.3 is 14.4 Å². The van der Waals surface area contributed by atoms with Gasteiger partial charge in [-0.05, 0) is 61.1 Å². The summed E-state index contributed by atoms with van der Waals surface area (Å²) in [5.41, 5.74) is 2.41. The number of nitrogens with zero attached hydrogens (tertiary/aromatic N) is 1. The molecule has 0 aromatic heterocycles. The van der Waals surface area contributed by atoms with Crippen LogP contribution in [0.2, 0.25) is 0 Å². The fraction of sp³-hybridized carbons (Fsp3) is 0.480. The molecule has 168 valence electrons. The zero-order chi connectivity index (χ0) is 22.1. The van der Waals surface area contributed by atoms with Crippen molar-refractivity contribution in [3.8, 4) is 11.5 Å². The summed E-state index contributed by atoms with van der Waals surface area (Å²) in [5.74, 6) is 2.53. The maximum absolute atomic E-state index is 11.9. The fourth-order valence-corrected chi connectivity index (χ4v) is 4.60. The summed E-state index contributed by atoms with van der Waals surface area (Å²) in [6.07, 6.45) is 3.68. The lowest BCUT2D eigenvalue weighted by atomic mass is 9.68. The van der Waals surface area contributed by atoms with Gasteiger partial charge in [-0.1, -0.05) is 46.9 Å². The number of ether oxygens (including phenoxy) is 2. The highest BCUT2D eigenvalue weighted by molar-refractivity contribution is 14.1. The Bertz CT molecular complexity index is 762. The lowest BCUT2D eigenvalue weighted by Crippen LogP contribution is -2.45. The number of rotatable bonds is 10. The van der Waals surface area contributed by atoms with Crippen molar-refractivity contribution < 1.29 is 14.3 Å². The van der Waals surface area contributed by atoms with E-state index in [1.54, 1.807) is 6.92 Å². The van der Waals surface area contributed by atoms with Gasteiger partial charge >= 0.3 is 0 Å². The van der Waals surface area contributed by atoms with Crippen LogP contribution in [0.4, 0.5) is 0 Å². The maximum Gasteiger partial charge on any atom is 0.219 e. The van der Waals surface area contributed by atoms with Crippen LogP contribution in [-0.4, -0.2) is 47.4 Å². The fourth-order valence-electron chi connectivity index (χ4n) is 4.18. The van der Waals surface area contributed by atoms with E-state index in [2.05, 4.69) is 59.0 Å². The minimum absolute atomic E-state index is 0.124. The molecule has 0 atom stereocenters. The number of benzene rings is 2. The number of hydrogen-bond acceptors (Lipinski definition) is 3. The molecular formula is C25H31ClINO3. The molecule has 0 spiro atoms. The van der Waals surface area contributed by atoms with Crippen LogP contribution in [0.3, 0.4) is 0 Å². The predicted octanol–water partition coefficient (Wildman–Crippen LogP) is 5.83. The highest BCUT2D eigenvalue weighted by Crippen LogP contribution is 2.42. The number of carbonyl (C=O) groups excluding carboxylic acids is 1. The van der Waals surface area contributed by atoms with Gasteiger partial charge in [0.1, 0.15) is 11.5 Å². The summed E-state index contributed by atoms with van der Waals surface area (Å²) < 4.78 is 12.7. The van der Waals surface area contributed by atoms with Crippen LogP contribution in [0.15, 0.2) is 48.5 Å². The lowest BCUT2D eigenvalue weighted by molar-refractivity contribution is -0.130. The number of likely N-dealkylation sites (tertiary alicyclic amines) is 1. The normalized spacial score (nSPS) is 15.5. The van der Waals surface area contributed by atoms with E-state index in [9.17, 15) is 4.79 Å².